The molecule has 0 aliphatic rings. The minimum atomic E-state index is -0.449. The predicted molar refractivity (Wildman–Crippen MR) is 43.1 cm³/mol. The molecule has 0 N–H and O–H groups in total. The van der Waals surface area contributed by atoms with Gasteiger partial charge in [-0.15, -0.1) is 10.2 Å². The Balaban J connectivity index is 2.92. The fraction of sp³-hybridized carbons (Fsp3) is 0.143. The topological polar surface area (TPSA) is 30.2 Å². The normalized spacial score (nSPS) is 10.8. The lowest BCUT2D eigenvalue weighted by Gasteiger charge is -1.97. The second-order valence-electron chi connectivity index (χ2n) is 2.56. The number of fused-ring (bicyclic) bond motifs is 1. The van der Waals surface area contributed by atoms with Crippen molar-refractivity contribution in [2.24, 2.45) is 0 Å². The van der Waals surface area contributed by atoms with E-state index in [2.05, 4.69) is 10.2 Å². The summed E-state index contributed by atoms with van der Waals surface area (Å²) in [6.07, 6.45) is 1.59. The van der Waals surface area contributed by atoms with Gasteiger partial charge in [-0.25, -0.2) is 4.39 Å². The molecule has 0 fully saturated rings. The van der Waals surface area contributed by atoms with Crippen LogP contribution in [0.25, 0.3) is 5.65 Å². The SMILES string of the molecule is [B]c1cc(F)c2nnc(C)n2c1. The molecule has 2 heterocycles. The lowest BCUT2D eigenvalue weighted by atomic mass is 9.99. The zero-order valence-electron chi connectivity index (χ0n) is 6.45. The van der Waals surface area contributed by atoms with Gasteiger partial charge in [-0.05, 0) is 13.0 Å². The molecule has 0 aliphatic carbocycles. The highest BCUT2D eigenvalue weighted by Gasteiger charge is 2.05. The highest BCUT2D eigenvalue weighted by atomic mass is 19.1. The maximum absolute atomic E-state index is 13.1. The highest BCUT2D eigenvalue weighted by Crippen LogP contribution is 2.05. The van der Waals surface area contributed by atoms with Crippen LogP contribution in [0.15, 0.2) is 12.3 Å². The van der Waals surface area contributed by atoms with E-state index in [1.54, 1.807) is 13.1 Å². The number of rotatable bonds is 0. The number of aromatic nitrogens is 3. The Labute approximate surface area is 69.6 Å². The van der Waals surface area contributed by atoms with E-state index >= 15 is 0 Å². The molecule has 0 amide bonds. The van der Waals surface area contributed by atoms with Gasteiger partial charge in [0.25, 0.3) is 0 Å². The Morgan fingerprint density at radius 1 is 1.50 bits per heavy atom. The second-order valence-corrected chi connectivity index (χ2v) is 2.56. The summed E-state index contributed by atoms with van der Waals surface area (Å²) in [5, 5.41) is 7.36. The van der Waals surface area contributed by atoms with Gasteiger partial charge in [0.05, 0.1) is 0 Å². The molecule has 2 rings (SSSR count). The number of halogens is 1. The maximum atomic E-state index is 13.1. The van der Waals surface area contributed by atoms with Crippen LogP contribution in [-0.4, -0.2) is 22.4 Å². The molecule has 3 nitrogen and oxygen atoms in total. The third-order valence-corrected chi connectivity index (χ3v) is 1.65. The summed E-state index contributed by atoms with van der Waals surface area (Å²) in [7, 11) is 5.44. The van der Waals surface area contributed by atoms with Crippen LogP contribution in [0.1, 0.15) is 5.82 Å². The Morgan fingerprint density at radius 3 is 3.00 bits per heavy atom. The molecule has 5 heteroatoms. The molecular formula is C7H5BFN3. The molecule has 0 bridgehead atoms. The van der Waals surface area contributed by atoms with Gasteiger partial charge in [-0.1, -0.05) is 5.46 Å². The monoisotopic (exact) mass is 161 g/mol. The lowest BCUT2D eigenvalue weighted by molar-refractivity contribution is 0.630. The minimum absolute atomic E-state index is 0.210. The molecular weight excluding hydrogens is 156 g/mol. The zero-order chi connectivity index (χ0) is 8.72. The number of aryl methyl sites for hydroxylation is 1. The van der Waals surface area contributed by atoms with E-state index in [1.165, 1.54) is 10.5 Å². The van der Waals surface area contributed by atoms with Crippen molar-refractivity contribution in [1.29, 1.82) is 0 Å². The van der Waals surface area contributed by atoms with Crippen LogP contribution >= 0.6 is 0 Å². The molecule has 12 heavy (non-hydrogen) atoms. The van der Waals surface area contributed by atoms with E-state index in [9.17, 15) is 4.39 Å². The average Bonchev–Trinajstić information content (AvgIpc) is 2.33. The molecule has 0 unspecified atom stereocenters. The van der Waals surface area contributed by atoms with Gasteiger partial charge in [-0.3, -0.25) is 4.40 Å². The summed E-state index contributed by atoms with van der Waals surface area (Å²) in [6.45, 7) is 1.74. The van der Waals surface area contributed by atoms with Crippen LogP contribution in [0.2, 0.25) is 0 Å². The Bertz CT molecular complexity index is 437. The van der Waals surface area contributed by atoms with E-state index in [4.69, 9.17) is 7.85 Å². The van der Waals surface area contributed by atoms with Crippen LogP contribution in [0.5, 0.6) is 0 Å². The zero-order valence-corrected chi connectivity index (χ0v) is 6.45. The third-order valence-electron chi connectivity index (χ3n) is 1.65. The molecule has 0 spiro atoms. The molecule has 2 aromatic rings. The molecule has 0 atom stereocenters. The molecule has 0 saturated heterocycles. The van der Waals surface area contributed by atoms with E-state index in [-0.39, 0.29) is 5.65 Å². The van der Waals surface area contributed by atoms with Crippen LogP contribution < -0.4 is 5.46 Å². The quantitative estimate of drug-likeness (QED) is 0.508. The third kappa shape index (κ3) is 0.896. The van der Waals surface area contributed by atoms with Crippen molar-refractivity contribution in [3.05, 3.63) is 23.9 Å². The van der Waals surface area contributed by atoms with Gasteiger partial charge in [0.2, 0.25) is 0 Å². The Hall–Kier alpha value is -1.39. The Kier molecular flexibility index (Phi) is 1.39. The van der Waals surface area contributed by atoms with Crippen LogP contribution in [0, 0.1) is 12.7 Å². The fourth-order valence-electron chi connectivity index (χ4n) is 1.08. The fourth-order valence-corrected chi connectivity index (χ4v) is 1.08. The minimum Gasteiger partial charge on any atom is -0.285 e. The molecule has 0 aromatic carbocycles. The first-order valence-corrected chi connectivity index (χ1v) is 3.45. The first-order valence-electron chi connectivity index (χ1n) is 3.45. The van der Waals surface area contributed by atoms with Gasteiger partial charge in [0.1, 0.15) is 13.7 Å². The summed E-state index contributed by atoms with van der Waals surface area (Å²) in [5.74, 6) is 0.173. The summed E-state index contributed by atoms with van der Waals surface area (Å²) >= 11 is 0. The standard InChI is InChI=1S/C7H5BFN3/c1-4-10-11-7-6(9)2-5(8)3-12(4)7/h2-3H,1H3. The molecule has 2 radical (unpaired) electrons. The van der Waals surface area contributed by atoms with E-state index < -0.39 is 5.82 Å². The van der Waals surface area contributed by atoms with E-state index in [0.717, 1.165) is 0 Å². The lowest BCUT2D eigenvalue weighted by Crippen LogP contribution is -2.07. The number of hydrogen-bond donors (Lipinski definition) is 0. The van der Waals surface area contributed by atoms with Crippen molar-refractivity contribution in [3.63, 3.8) is 0 Å². The van der Waals surface area contributed by atoms with Crippen molar-refractivity contribution in [1.82, 2.24) is 14.6 Å². The van der Waals surface area contributed by atoms with Crippen molar-refractivity contribution in [2.45, 2.75) is 6.92 Å². The van der Waals surface area contributed by atoms with Crippen molar-refractivity contribution in [2.75, 3.05) is 0 Å². The van der Waals surface area contributed by atoms with Crippen LogP contribution in [-0.2, 0) is 0 Å². The van der Waals surface area contributed by atoms with Gasteiger partial charge < -0.3 is 0 Å². The van der Waals surface area contributed by atoms with Crippen LogP contribution in [0.4, 0.5) is 4.39 Å². The second kappa shape index (κ2) is 2.30. The first-order chi connectivity index (χ1) is 5.68. The first kappa shape index (κ1) is 7.27. The summed E-state index contributed by atoms with van der Waals surface area (Å²) in [4.78, 5) is 0. The van der Waals surface area contributed by atoms with Crippen molar-refractivity contribution in [3.8, 4) is 0 Å². The summed E-state index contributed by atoms with van der Waals surface area (Å²) in [5.41, 5.74) is 0.574. The number of hydrogen-bond acceptors (Lipinski definition) is 2. The summed E-state index contributed by atoms with van der Waals surface area (Å²) < 4.78 is 14.6. The van der Waals surface area contributed by atoms with Crippen molar-refractivity contribution >= 4 is 19.0 Å². The molecule has 0 saturated carbocycles. The Morgan fingerprint density at radius 2 is 2.25 bits per heavy atom. The smallest absolute Gasteiger partial charge is 0.196 e. The van der Waals surface area contributed by atoms with Gasteiger partial charge >= 0.3 is 0 Å². The van der Waals surface area contributed by atoms with Gasteiger partial charge in [0.15, 0.2) is 11.5 Å². The maximum Gasteiger partial charge on any atom is 0.196 e. The highest BCUT2D eigenvalue weighted by molar-refractivity contribution is 6.32. The van der Waals surface area contributed by atoms with Gasteiger partial charge in [-0.2, -0.15) is 0 Å². The molecule has 0 aliphatic heterocycles. The largest absolute Gasteiger partial charge is 0.285 e. The average molecular weight is 161 g/mol. The number of nitrogens with zero attached hydrogens (tertiary/aromatic N) is 3. The van der Waals surface area contributed by atoms with Gasteiger partial charge in [0, 0.05) is 6.20 Å². The van der Waals surface area contributed by atoms with E-state index in [1.807, 2.05) is 0 Å². The van der Waals surface area contributed by atoms with Crippen molar-refractivity contribution < 1.29 is 4.39 Å². The van der Waals surface area contributed by atoms with Crippen LogP contribution in [0.3, 0.4) is 0 Å². The van der Waals surface area contributed by atoms with E-state index in [0.29, 0.717) is 11.3 Å². The number of pyridine rings is 1. The molecule has 2 aromatic heterocycles. The molecule has 58 valence electrons. The summed E-state index contributed by atoms with van der Waals surface area (Å²) in [6, 6.07) is 1.23. The predicted octanol–water partition coefficient (Wildman–Crippen LogP) is -0.0294.